The van der Waals surface area contributed by atoms with E-state index in [9.17, 15) is 0 Å². The van der Waals surface area contributed by atoms with Crippen LogP contribution in [0.15, 0.2) is 188 Å². The minimum atomic E-state index is -0.509. The van der Waals surface area contributed by atoms with Crippen LogP contribution in [0, 0.1) is 0 Å². The van der Waals surface area contributed by atoms with Crippen molar-refractivity contribution >= 4 is 10.8 Å². The molecule has 0 saturated heterocycles. The summed E-state index contributed by atoms with van der Waals surface area (Å²) in [6, 6.07) is 66.2. The van der Waals surface area contributed by atoms with E-state index >= 15 is 0 Å². The number of hydrogen-bond donors (Lipinski definition) is 0. The third-order valence-electron chi connectivity index (χ3n) is 11.0. The van der Waals surface area contributed by atoms with E-state index in [4.69, 9.17) is 19.7 Å². The molecule has 1 aliphatic carbocycles. The Hall–Kier alpha value is -7.17. The fourth-order valence-electron chi connectivity index (χ4n) is 8.53. The highest BCUT2D eigenvalue weighted by Gasteiger charge is 2.50. The van der Waals surface area contributed by atoms with Crippen LogP contribution < -0.4 is 4.74 Å². The minimum Gasteiger partial charge on any atom is -0.457 e. The number of para-hydroxylation sites is 1. The van der Waals surface area contributed by atoms with Gasteiger partial charge < -0.3 is 4.74 Å². The first-order chi connectivity index (χ1) is 26.7. The number of ether oxygens (including phenoxy) is 1. The molecule has 252 valence electrons. The summed E-state index contributed by atoms with van der Waals surface area (Å²) in [4.78, 5) is 15.0. The molecule has 0 N–H and O–H groups in total. The van der Waals surface area contributed by atoms with Crippen LogP contribution in [0.2, 0.25) is 0 Å². The zero-order valence-corrected chi connectivity index (χ0v) is 29.1. The lowest BCUT2D eigenvalue weighted by Crippen LogP contribution is -2.32. The second kappa shape index (κ2) is 11.9. The van der Waals surface area contributed by atoms with E-state index in [2.05, 4.69) is 158 Å². The lowest BCUT2D eigenvalue weighted by Gasteiger charge is -2.39. The summed E-state index contributed by atoms with van der Waals surface area (Å²) in [7, 11) is 0. The number of fused-ring (bicyclic) bond motifs is 10. The molecule has 0 bridgehead atoms. The van der Waals surface area contributed by atoms with E-state index in [0.717, 1.165) is 55.8 Å². The predicted molar refractivity (Wildman–Crippen MR) is 216 cm³/mol. The summed E-state index contributed by atoms with van der Waals surface area (Å²) < 4.78 is 6.66. The molecular weight excluding hydrogens is 659 g/mol. The van der Waals surface area contributed by atoms with Crippen LogP contribution in [0.4, 0.5) is 0 Å². The molecule has 4 heteroatoms. The first kappa shape index (κ1) is 30.5. The summed E-state index contributed by atoms with van der Waals surface area (Å²) in [5.74, 6) is 3.69. The second-order valence-electron chi connectivity index (χ2n) is 14.0. The molecule has 9 aromatic rings. The van der Waals surface area contributed by atoms with Gasteiger partial charge in [-0.3, -0.25) is 0 Å². The fraction of sp³-hybridized carbons (Fsp3) is 0.0200. The highest BCUT2D eigenvalue weighted by atomic mass is 16.5. The van der Waals surface area contributed by atoms with Crippen molar-refractivity contribution < 1.29 is 4.74 Å². The Bertz CT molecular complexity index is 2870. The Morgan fingerprint density at radius 2 is 0.815 bits per heavy atom. The summed E-state index contributed by atoms with van der Waals surface area (Å²) in [6.45, 7) is 0. The predicted octanol–water partition coefficient (Wildman–Crippen LogP) is 12.2. The molecule has 54 heavy (non-hydrogen) atoms. The summed E-state index contributed by atoms with van der Waals surface area (Å²) >= 11 is 0. The number of aromatic nitrogens is 3. The summed E-state index contributed by atoms with van der Waals surface area (Å²) in [6.07, 6.45) is 0. The number of rotatable bonds is 4. The van der Waals surface area contributed by atoms with Crippen molar-refractivity contribution in [2.45, 2.75) is 5.41 Å². The average molecular weight is 690 g/mol. The molecule has 0 saturated carbocycles. The topological polar surface area (TPSA) is 47.9 Å². The molecule has 0 unspecified atom stereocenters. The molecule has 2 heterocycles. The molecule has 1 aromatic heterocycles. The van der Waals surface area contributed by atoms with E-state index in [0.29, 0.717) is 17.5 Å². The van der Waals surface area contributed by atoms with E-state index < -0.39 is 5.41 Å². The van der Waals surface area contributed by atoms with Crippen LogP contribution in [0.25, 0.3) is 67.2 Å². The molecule has 1 spiro atoms. The van der Waals surface area contributed by atoms with Crippen molar-refractivity contribution in [1.82, 2.24) is 15.0 Å². The molecule has 1 aliphatic heterocycles. The Morgan fingerprint density at radius 3 is 1.54 bits per heavy atom. The van der Waals surface area contributed by atoms with Crippen LogP contribution >= 0.6 is 0 Å². The Morgan fingerprint density at radius 1 is 0.315 bits per heavy atom. The third kappa shape index (κ3) is 4.60. The first-order valence-corrected chi connectivity index (χ1v) is 18.3. The average Bonchev–Trinajstić information content (AvgIpc) is 3.54. The van der Waals surface area contributed by atoms with E-state index in [1.54, 1.807) is 0 Å². The van der Waals surface area contributed by atoms with Crippen LogP contribution in [0.5, 0.6) is 11.5 Å². The normalized spacial score (nSPS) is 13.1. The smallest absolute Gasteiger partial charge is 0.164 e. The fourth-order valence-corrected chi connectivity index (χ4v) is 8.53. The Kier molecular flexibility index (Phi) is 6.73. The van der Waals surface area contributed by atoms with Gasteiger partial charge in [-0.05, 0) is 68.4 Å². The van der Waals surface area contributed by atoms with Crippen molar-refractivity contribution in [3.63, 3.8) is 0 Å². The lowest BCUT2D eigenvalue weighted by molar-refractivity contribution is 0.436. The van der Waals surface area contributed by atoms with Gasteiger partial charge in [0.1, 0.15) is 11.5 Å². The number of benzene rings is 8. The lowest BCUT2D eigenvalue weighted by atomic mass is 9.66. The quantitative estimate of drug-likeness (QED) is 0.185. The van der Waals surface area contributed by atoms with Crippen molar-refractivity contribution in [2.24, 2.45) is 0 Å². The summed E-state index contributed by atoms with van der Waals surface area (Å²) in [5.41, 5.74) is 11.9. The molecule has 0 amide bonds. The highest BCUT2D eigenvalue weighted by molar-refractivity contribution is 5.90. The van der Waals surface area contributed by atoms with Crippen molar-refractivity contribution in [2.75, 3.05) is 0 Å². The maximum absolute atomic E-state index is 6.66. The SMILES string of the molecule is c1ccc(-c2nc(-c3ccc(-c4ccc5c(c4)C4(c6ccccc6O5)c5ccccc5-c5ccccc54)cc3)nc(-c3ccc4ccccc4c3)n2)cc1. The van der Waals surface area contributed by atoms with Gasteiger partial charge in [0, 0.05) is 27.8 Å². The third-order valence-corrected chi connectivity index (χ3v) is 11.0. The van der Waals surface area contributed by atoms with Crippen LogP contribution in [-0.4, -0.2) is 15.0 Å². The largest absolute Gasteiger partial charge is 0.457 e. The van der Waals surface area contributed by atoms with Crippen molar-refractivity contribution in [3.05, 3.63) is 210 Å². The van der Waals surface area contributed by atoms with Gasteiger partial charge in [0.05, 0.1) is 5.41 Å². The van der Waals surface area contributed by atoms with E-state index in [-0.39, 0.29) is 0 Å². The molecule has 0 atom stereocenters. The zero-order valence-electron chi connectivity index (χ0n) is 29.1. The molecule has 0 fully saturated rings. The molecular formula is C50H31N3O. The Labute approximate surface area is 313 Å². The zero-order chi connectivity index (χ0) is 35.6. The van der Waals surface area contributed by atoms with Gasteiger partial charge in [0.2, 0.25) is 0 Å². The maximum Gasteiger partial charge on any atom is 0.164 e. The van der Waals surface area contributed by atoms with Gasteiger partial charge in [-0.25, -0.2) is 15.0 Å². The standard InChI is InChI=1S/C50H31N3O/c1-2-13-34(14-3-1)47-51-48(53-49(52-47)38-27-24-32-12-4-5-15-36(32)30-38)35-25-22-33(23-26-35)37-28-29-46-44(31-37)50(43-20-10-11-21-45(43)54-46)41-18-8-6-16-39(41)40-17-7-9-19-42(40)50/h1-31H. The maximum atomic E-state index is 6.66. The molecule has 4 nitrogen and oxygen atoms in total. The molecule has 8 aromatic carbocycles. The van der Waals surface area contributed by atoms with Gasteiger partial charge in [-0.2, -0.15) is 0 Å². The first-order valence-electron chi connectivity index (χ1n) is 18.3. The minimum absolute atomic E-state index is 0.509. The Balaban J connectivity index is 1.04. The van der Waals surface area contributed by atoms with Gasteiger partial charge in [-0.15, -0.1) is 0 Å². The van der Waals surface area contributed by atoms with Crippen molar-refractivity contribution in [1.29, 1.82) is 0 Å². The van der Waals surface area contributed by atoms with E-state index in [1.807, 2.05) is 30.3 Å². The van der Waals surface area contributed by atoms with Gasteiger partial charge in [0.15, 0.2) is 17.5 Å². The van der Waals surface area contributed by atoms with Crippen LogP contribution in [0.1, 0.15) is 22.3 Å². The van der Waals surface area contributed by atoms with Crippen LogP contribution in [-0.2, 0) is 5.41 Å². The van der Waals surface area contributed by atoms with Crippen molar-refractivity contribution in [3.8, 4) is 67.9 Å². The molecule has 0 radical (unpaired) electrons. The van der Waals surface area contributed by atoms with E-state index in [1.165, 1.54) is 27.6 Å². The van der Waals surface area contributed by atoms with Crippen LogP contribution in [0.3, 0.4) is 0 Å². The molecule has 2 aliphatic rings. The van der Waals surface area contributed by atoms with Gasteiger partial charge in [0.25, 0.3) is 0 Å². The highest BCUT2D eigenvalue weighted by Crippen LogP contribution is 2.62. The molecule has 11 rings (SSSR count). The van der Waals surface area contributed by atoms with Gasteiger partial charge in [-0.1, -0.05) is 164 Å². The monoisotopic (exact) mass is 689 g/mol. The second-order valence-corrected chi connectivity index (χ2v) is 14.0. The number of hydrogen-bond acceptors (Lipinski definition) is 4. The number of nitrogens with zero attached hydrogens (tertiary/aromatic N) is 3. The van der Waals surface area contributed by atoms with Gasteiger partial charge >= 0.3 is 0 Å². The summed E-state index contributed by atoms with van der Waals surface area (Å²) in [5, 5.41) is 2.33.